The van der Waals surface area contributed by atoms with E-state index in [1.807, 2.05) is 15.7 Å². The van der Waals surface area contributed by atoms with Gasteiger partial charge in [-0.3, -0.25) is 4.79 Å². The second-order valence-corrected chi connectivity index (χ2v) is 6.60. The number of amides is 1. The van der Waals surface area contributed by atoms with Crippen molar-refractivity contribution in [3.63, 3.8) is 0 Å². The fraction of sp³-hybridized carbons (Fsp3) is 0.529. The third-order valence-corrected chi connectivity index (χ3v) is 4.49. The molecular formula is C17H24N6O2. The normalized spacial score (nSPS) is 20.0. The molecule has 0 spiro atoms. The summed E-state index contributed by atoms with van der Waals surface area (Å²) in [6, 6.07) is 1.77. The van der Waals surface area contributed by atoms with Gasteiger partial charge in [-0.25, -0.2) is 15.0 Å². The van der Waals surface area contributed by atoms with Gasteiger partial charge >= 0.3 is 0 Å². The molecule has 0 aliphatic carbocycles. The average molecular weight is 344 g/mol. The summed E-state index contributed by atoms with van der Waals surface area (Å²) >= 11 is 0. The molecule has 134 valence electrons. The number of nitrogens with zero attached hydrogens (tertiary/aromatic N) is 6. The van der Waals surface area contributed by atoms with E-state index in [0.717, 1.165) is 13.0 Å². The molecular weight excluding hydrogens is 320 g/mol. The van der Waals surface area contributed by atoms with Gasteiger partial charge in [-0.15, -0.1) is 0 Å². The van der Waals surface area contributed by atoms with Crippen molar-refractivity contribution in [1.29, 1.82) is 0 Å². The molecule has 3 heterocycles. The first-order chi connectivity index (χ1) is 12.1. The number of hydrogen-bond donors (Lipinski definition) is 1. The molecule has 1 N–H and O–H groups in total. The van der Waals surface area contributed by atoms with Crippen molar-refractivity contribution in [2.45, 2.75) is 31.4 Å². The van der Waals surface area contributed by atoms with E-state index in [2.05, 4.69) is 15.0 Å². The predicted molar refractivity (Wildman–Crippen MR) is 92.9 cm³/mol. The number of β-amino-alcohol motifs (C(OH)–C–C–N with tert-alkyl or cyclic N) is 1. The molecule has 1 amide bonds. The molecule has 1 aliphatic heterocycles. The van der Waals surface area contributed by atoms with Gasteiger partial charge in [-0.05, 0) is 18.9 Å². The fourth-order valence-electron chi connectivity index (χ4n) is 3.16. The minimum Gasteiger partial charge on any atom is -0.386 e. The third-order valence-electron chi connectivity index (χ3n) is 4.49. The number of carbonyl (C=O) groups excluding carboxylic acids is 1. The van der Waals surface area contributed by atoms with Crippen LogP contribution in [0.1, 0.15) is 19.3 Å². The number of rotatable bonds is 7. The molecule has 1 atom stereocenters. The highest BCUT2D eigenvalue weighted by atomic mass is 16.3. The fourth-order valence-corrected chi connectivity index (χ4v) is 3.16. The van der Waals surface area contributed by atoms with Crippen molar-refractivity contribution in [3.8, 4) is 0 Å². The molecule has 0 saturated carbocycles. The van der Waals surface area contributed by atoms with E-state index in [1.54, 1.807) is 42.9 Å². The SMILES string of the molecule is CN(C[C@@]1(O)CCN(c2ncccn2)C1)C(=O)CCCn1ccnc1. The van der Waals surface area contributed by atoms with Crippen LogP contribution in [-0.2, 0) is 11.3 Å². The van der Waals surface area contributed by atoms with Crippen molar-refractivity contribution in [3.05, 3.63) is 37.2 Å². The van der Waals surface area contributed by atoms with Gasteiger partial charge in [0.15, 0.2) is 0 Å². The molecule has 3 rings (SSSR count). The van der Waals surface area contributed by atoms with Crippen LogP contribution in [0.5, 0.6) is 0 Å². The Kier molecular flexibility index (Phi) is 5.28. The Morgan fingerprint density at radius 3 is 2.88 bits per heavy atom. The predicted octanol–water partition coefficient (Wildman–Crippen LogP) is 0.553. The Bertz CT molecular complexity index is 678. The van der Waals surface area contributed by atoms with E-state index in [4.69, 9.17) is 0 Å². The third kappa shape index (κ3) is 4.54. The highest BCUT2D eigenvalue weighted by Gasteiger charge is 2.38. The molecule has 1 aliphatic rings. The summed E-state index contributed by atoms with van der Waals surface area (Å²) in [5, 5.41) is 10.8. The van der Waals surface area contributed by atoms with E-state index in [9.17, 15) is 9.90 Å². The summed E-state index contributed by atoms with van der Waals surface area (Å²) in [6.45, 7) is 2.20. The molecule has 0 aromatic carbocycles. The Labute approximate surface area is 147 Å². The quantitative estimate of drug-likeness (QED) is 0.789. The topological polar surface area (TPSA) is 87.4 Å². The van der Waals surface area contributed by atoms with Crippen molar-refractivity contribution >= 4 is 11.9 Å². The number of imidazole rings is 1. The molecule has 8 heteroatoms. The van der Waals surface area contributed by atoms with Gasteiger partial charge in [-0.1, -0.05) is 0 Å². The second kappa shape index (κ2) is 7.60. The first kappa shape index (κ1) is 17.3. The van der Waals surface area contributed by atoms with E-state index in [-0.39, 0.29) is 5.91 Å². The Morgan fingerprint density at radius 1 is 1.36 bits per heavy atom. The van der Waals surface area contributed by atoms with E-state index < -0.39 is 5.60 Å². The minimum absolute atomic E-state index is 0.0444. The number of aromatic nitrogens is 4. The zero-order valence-corrected chi connectivity index (χ0v) is 14.5. The second-order valence-electron chi connectivity index (χ2n) is 6.60. The lowest BCUT2D eigenvalue weighted by molar-refractivity contribution is -0.132. The van der Waals surface area contributed by atoms with Crippen LogP contribution in [0.25, 0.3) is 0 Å². The van der Waals surface area contributed by atoms with E-state index in [0.29, 0.717) is 38.4 Å². The van der Waals surface area contributed by atoms with Gasteiger partial charge in [0, 0.05) is 51.3 Å². The maximum absolute atomic E-state index is 12.3. The molecule has 2 aromatic heterocycles. The zero-order chi connectivity index (χ0) is 17.7. The number of hydrogen-bond acceptors (Lipinski definition) is 6. The summed E-state index contributed by atoms with van der Waals surface area (Å²) in [5.74, 6) is 0.663. The van der Waals surface area contributed by atoms with Gasteiger partial charge in [0.2, 0.25) is 11.9 Å². The van der Waals surface area contributed by atoms with Crippen LogP contribution in [0, 0.1) is 0 Å². The molecule has 8 nitrogen and oxygen atoms in total. The standard InChI is InChI=1S/C17H24N6O2/c1-21(15(24)4-2-9-22-11-8-18-14-22)12-17(25)5-10-23(13-17)16-19-6-3-7-20-16/h3,6-8,11,14,25H,2,4-5,9-10,12-13H2,1H3/t17-/m0/s1. The van der Waals surface area contributed by atoms with Gasteiger partial charge < -0.3 is 19.5 Å². The van der Waals surface area contributed by atoms with Crippen LogP contribution in [0.4, 0.5) is 5.95 Å². The first-order valence-corrected chi connectivity index (χ1v) is 8.50. The van der Waals surface area contributed by atoms with Gasteiger partial charge in [0.25, 0.3) is 0 Å². The molecule has 2 aromatic rings. The molecule has 0 radical (unpaired) electrons. The number of likely N-dealkylation sites (N-methyl/N-ethyl adjacent to an activating group) is 1. The monoisotopic (exact) mass is 344 g/mol. The smallest absolute Gasteiger partial charge is 0.225 e. The lowest BCUT2D eigenvalue weighted by Gasteiger charge is -2.29. The van der Waals surface area contributed by atoms with Crippen LogP contribution < -0.4 is 4.90 Å². The number of aliphatic hydroxyl groups is 1. The maximum Gasteiger partial charge on any atom is 0.225 e. The molecule has 0 bridgehead atoms. The summed E-state index contributed by atoms with van der Waals surface area (Å²) in [5.41, 5.74) is -0.923. The largest absolute Gasteiger partial charge is 0.386 e. The average Bonchev–Trinajstić information content (AvgIpc) is 3.25. The summed E-state index contributed by atoms with van der Waals surface area (Å²) < 4.78 is 1.95. The first-order valence-electron chi connectivity index (χ1n) is 8.50. The van der Waals surface area contributed by atoms with Crippen molar-refractivity contribution < 1.29 is 9.90 Å². The minimum atomic E-state index is -0.923. The van der Waals surface area contributed by atoms with Crippen LogP contribution >= 0.6 is 0 Å². The Hall–Kier alpha value is -2.48. The Morgan fingerprint density at radius 2 is 2.16 bits per heavy atom. The molecule has 1 fully saturated rings. The number of aryl methyl sites for hydroxylation is 1. The number of carbonyl (C=O) groups is 1. The molecule has 25 heavy (non-hydrogen) atoms. The summed E-state index contributed by atoms with van der Waals surface area (Å²) in [4.78, 5) is 28.3. The van der Waals surface area contributed by atoms with Crippen LogP contribution in [0.3, 0.4) is 0 Å². The van der Waals surface area contributed by atoms with E-state index in [1.165, 1.54) is 0 Å². The highest BCUT2D eigenvalue weighted by molar-refractivity contribution is 5.75. The molecule has 1 saturated heterocycles. The van der Waals surface area contributed by atoms with Gasteiger partial charge in [0.05, 0.1) is 19.4 Å². The van der Waals surface area contributed by atoms with Crippen molar-refractivity contribution in [1.82, 2.24) is 24.4 Å². The van der Waals surface area contributed by atoms with Gasteiger partial charge in [0.1, 0.15) is 5.60 Å². The van der Waals surface area contributed by atoms with Gasteiger partial charge in [-0.2, -0.15) is 0 Å². The van der Waals surface area contributed by atoms with Crippen molar-refractivity contribution in [2.75, 3.05) is 31.6 Å². The number of anilines is 1. The lowest BCUT2D eigenvalue weighted by Crippen LogP contribution is -2.46. The molecule has 0 unspecified atom stereocenters. The lowest BCUT2D eigenvalue weighted by atomic mass is 10.0. The summed E-state index contributed by atoms with van der Waals surface area (Å²) in [7, 11) is 1.75. The van der Waals surface area contributed by atoms with Crippen LogP contribution in [0.15, 0.2) is 37.2 Å². The zero-order valence-electron chi connectivity index (χ0n) is 14.5. The van der Waals surface area contributed by atoms with Crippen molar-refractivity contribution in [2.24, 2.45) is 0 Å². The maximum atomic E-state index is 12.3. The van der Waals surface area contributed by atoms with Crippen LogP contribution in [0.2, 0.25) is 0 Å². The van der Waals surface area contributed by atoms with E-state index >= 15 is 0 Å². The van der Waals surface area contributed by atoms with Crippen LogP contribution in [-0.4, -0.2) is 67.7 Å². The Balaban J connectivity index is 1.46. The summed E-state index contributed by atoms with van der Waals surface area (Å²) in [6.07, 6.45) is 10.5. The highest BCUT2D eigenvalue weighted by Crippen LogP contribution is 2.25.